The lowest BCUT2D eigenvalue weighted by molar-refractivity contribution is -0.147. The van der Waals surface area contributed by atoms with E-state index in [1.54, 1.807) is 91.5 Å². The highest BCUT2D eigenvalue weighted by atomic mass is 16.5. The first-order valence-corrected chi connectivity index (χ1v) is 10.6. The van der Waals surface area contributed by atoms with Gasteiger partial charge in [-0.15, -0.1) is 0 Å². The maximum Gasteiger partial charge on any atom is 0.326 e. The maximum absolute atomic E-state index is 12.8. The highest BCUT2D eigenvalue weighted by molar-refractivity contribution is 5.97. The molecule has 0 unspecified atom stereocenters. The van der Waals surface area contributed by atoms with Crippen LogP contribution in [0.2, 0.25) is 0 Å². The van der Waals surface area contributed by atoms with Crippen molar-refractivity contribution in [3.63, 3.8) is 0 Å². The van der Waals surface area contributed by atoms with Crippen LogP contribution in [0.25, 0.3) is 21.8 Å². The summed E-state index contributed by atoms with van der Waals surface area (Å²) in [6.07, 6.45) is 0. The Morgan fingerprint density at radius 3 is 1.97 bits per heavy atom. The van der Waals surface area contributed by atoms with Gasteiger partial charge in [0.25, 0.3) is 11.8 Å². The second-order valence-corrected chi connectivity index (χ2v) is 7.94. The summed E-state index contributed by atoms with van der Waals surface area (Å²) < 4.78 is 6.91. The quantitative estimate of drug-likeness (QED) is 0.355. The Bertz CT molecular complexity index is 1400. The highest BCUT2D eigenvalue weighted by Gasteiger charge is 2.15. The topological polar surface area (TPSA) is 97.7 Å². The third-order valence-electron chi connectivity index (χ3n) is 5.35. The van der Waals surface area contributed by atoms with Gasteiger partial charge in [-0.1, -0.05) is 24.3 Å². The SMILES string of the molecule is CN(C)C(=O)c1ccc(NC(=O)COC(=O)Cn2c3ccccc3c(=O)c3ccccc32)cc1. The molecule has 4 rings (SSSR count). The van der Waals surface area contributed by atoms with Crippen LogP contribution in [-0.4, -0.2) is 48.0 Å². The van der Waals surface area contributed by atoms with Crippen molar-refractivity contribution in [3.8, 4) is 0 Å². The molecule has 0 aliphatic heterocycles. The van der Waals surface area contributed by atoms with E-state index < -0.39 is 18.5 Å². The third-order valence-corrected chi connectivity index (χ3v) is 5.35. The van der Waals surface area contributed by atoms with E-state index >= 15 is 0 Å². The number of nitrogens with zero attached hydrogens (tertiary/aromatic N) is 2. The van der Waals surface area contributed by atoms with E-state index in [2.05, 4.69) is 5.32 Å². The molecule has 0 aliphatic rings. The molecule has 0 atom stereocenters. The molecule has 0 saturated heterocycles. The molecule has 172 valence electrons. The van der Waals surface area contributed by atoms with E-state index in [-0.39, 0.29) is 17.9 Å². The number of fused-ring (bicyclic) bond motifs is 2. The molecule has 4 aromatic rings. The predicted octanol–water partition coefficient (Wildman–Crippen LogP) is 3.04. The lowest BCUT2D eigenvalue weighted by atomic mass is 10.1. The van der Waals surface area contributed by atoms with Crippen molar-refractivity contribution in [2.45, 2.75) is 6.54 Å². The number of rotatable bonds is 6. The molecule has 0 bridgehead atoms. The second kappa shape index (κ2) is 9.58. The van der Waals surface area contributed by atoms with Crippen LogP contribution in [0.4, 0.5) is 5.69 Å². The molecule has 34 heavy (non-hydrogen) atoms. The molecule has 0 radical (unpaired) electrons. The zero-order valence-electron chi connectivity index (χ0n) is 18.8. The number of anilines is 1. The number of para-hydroxylation sites is 2. The van der Waals surface area contributed by atoms with E-state index in [1.807, 2.05) is 0 Å². The van der Waals surface area contributed by atoms with Crippen molar-refractivity contribution in [3.05, 3.63) is 88.6 Å². The van der Waals surface area contributed by atoms with E-state index in [0.29, 0.717) is 33.1 Å². The minimum absolute atomic E-state index is 0.103. The van der Waals surface area contributed by atoms with Crippen molar-refractivity contribution in [2.75, 3.05) is 26.0 Å². The van der Waals surface area contributed by atoms with Crippen LogP contribution >= 0.6 is 0 Å². The molecule has 1 N–H and O–H groups in total. The molecule has 8 nitrogen and oxygen atoms in total. The van der Waals surface area contributed by atoms with Gasteiger partial charge in [-0.2, -0.15) is 0 Å². The summed E-state index contributed by atoms with van der Waals surface area (Å²) in [6.45, 7) is -0.622. The number of hydrogen-bond acceptors (Lipinski definition) is 5. The summed E-state index contributed by atoms with van der Waals surface area (Å²) in [6, 6.07) is 20.5. The fraction of sp³-hybridized carbons (Fsp3) is 0.154. The molecule has 0 fully saturated rings. The van der Waals surface area contributed by atoms with Crippen molar-refractivity contribution >= 4 is 45.3 Å². The normalized spacial score (nSPS) is 10.8. The third kappa shape index (κ3) is 4.66. The smallest absolute Gasteiger partial charge is 0.326 e. The van der Waals surface area contributed by atoms with Crippen molar-refractivity contribution in [1.29, 1.82) is 0 Å². The van der Waals surface area contributed by atoms with Gasteiger partial charge in [0.05, 0.1) is 11.0 Å². The number of amides is 2. The molecular formula is C26H23N3O5. The monoisotopic (exact) mass is 457 g/mol. The fourth-order valence-electron chi connectivity index (χ4n) is 3.72. The number of nitrogens with one attached hydrogen (secondary N) is 1. The van der Waals surface area contributed by atoms with Gasteiger partial charge in [0.15, 0.2) is 12.0 Å². The average Bonchev–Trinajstić information content (AvgIpc) is 2.85. The molecule has 3 aromatic carbocycles. The molecule has 0 spiro atoms. The number of hydrogen-bond donors (Lipinski definition) is 1. The molecule has 1 heterocycles. The second-order valence-electron chi connectivity index (χ2n) is 7.94. The van der Waals surface area contributed by atoms with E-state index in [4.69, 9.17) is 4.74 Å². The zero-order chi connectivity index (χ0) is 24.2. The number of pyridine rings is 1. The number of esters is 1. The summed E-state index contributed by atoms with van der Waals surface area (Å²) in [4.78, 5) is 51.0. The minimum atomic E-state index is -0.610. The maximum atomic E-state index is 12.8. The Balaban J connectivity index is 1.44. The Morgan fingerprint density at radius 2 is 1.41 bits per heavy atom. The average molecular weight is 457 g/mol. The summed E-state index contributed by atoms with van der Waals surface area (Å²) in [7, 11) is 3.32. The molecule has 1 aromatic heterocycles. The number of ether oxygens (including phenoxy) is 1. The summed E-state index contributed by atoms with van der Waals surface area (Å²) >= 11 is 0. The standard InChI is InChI=1S/C26H23N3O5/c1-28(2)26(33)17-11-13-18(14-12-17)27-23(30)16-34-24(31)15-29-21-9-5-3-7-19(21)25(32)20-8-4-6-10-22(20)29/h3-14H,15-16H2,1-2H3,(H,27,30). The van der Waals surface area contributed by atoms with Gasteiger partial charge in [0.2, 0.25) is 0 Å². The van der Waals surface area contributed by atoms with Crippen LogP contribution in [-0.2, 0) is 20.9 Å². The Morgan fingerprint density at radius 1 is 0.853 bits per heavy atom. The van der Waals surface area contributed by atoms with Crippen LogP contribution in [0.1, 0.15) is 10.4 Å². The Hall–Kier alpha value is -4.46. The van der Waals surface area contributed by atoms with Crippen LogP contribution < -0.4 is 10.7 Å². The van der Waals surface area contributed by atoms with Crippen molar-refractivity contribution in [2.24, 2.45) is 0 Å². The van der Waals surface area contributed by atoms with Gasteiger partial charge in [-0.3, -0.25) is 19.2 Å². The summed E-state index contributed by atoms with van der Waals surface area (Å²) in [5, 5.41) is 3.64. The van der Waals surface area contributed by atoms with Crippen LogP contribution in [0.15, 0.2) is 77.6 Å². The van der Waals surface area contributed by atoms with Gasteiger partial charge in [-0.05, 0) is 48.5 Å². The Kier molecular flexibility index (Phi) is 6.40. The number of benzene rings is 3. The van der Waals surface area contributed by atoms with Gasteiger partial charge in [-0.25, -0.2) is 0 Å². The number of aromatic nitrogens is 1. The molecule has 0 saturated carbocycles. The molecule has 2 amide bonds. The first kappa shape index (κ1) is 22.7. The highest BCUT2D eigenvalue weighted by Crippen LogP contribution is 2.19. The minimum Gasteiger partial charge on any atom is -0.454 e. The van der Waals surface area contributed by atoms with E-state index in [0.717, 1.165) is 0 Å². The first-order chi connectivity index (χ1) is 16.3. The van der Waals surface area contributed by atoms with Crippen LogP contribution in [0.3, 0.4) is 0 Å². The van der Waals surface area contributed by atoms with E-state index in [9.17, 15) is 19.2 Å². The lowest BCUT2D eigenvalue weighted by Crippen LogP contribution is -2.24. The summed E-state index contributed by atoms with van der Waals surface area (Å²) in [5.74, 6) is -1.26. The van der Waals surface area contributed by atoms with Crippen molar-refractivity contribution in [1.82, 2.24) is 9.47 Å². The van der Waals surface area contributed by atoms with Gasteiger partial charge < -0.3 is 19.5 Å². The Labute approximate surface area is 195 Å². The number of carbonyl (C=O) groups is 3. The van der Waals surface area contributed by atoms with E-state index in [1.165, 1.54) is 4.90 Å². The van der Waals surface area contributed by atoms with Crippen molar-refractivity contribution < 1.29 is 19.1 Å². The van der Waals surface area contributed by atoms with Gasteiger partial charge in [0.1, 0.15) is 6.54 Å². The van der Waals surface area contributed by atoms with Gasteiger partial charge in [0, 0.05) is 36.1 Å². The summed E-state index contributed by atoms with van der Waals surface area (Å²) in [5.41, 5.74) is 2.09. The zero-order valence-corrected chi connectivity index (χ0v) is 18.8. The predicted molar refractivity (Wildman–Crippen MR) is 130 cm³/mol. The molecule has 8 heteroatoms. The molecule has 0 aliphatic carbocycles. The van der Waals surface area contributed by atoms with Crippen LogP contribution in [0, 0.1) is 0 Å². The van der Waals surface area contributed by atoms with Gasteiger partial charge >= 0.3 is 5.97 Å². The largest absolute Gasteiger partial charge is 0.454 e. The lowest BCUT2D eigenvalue weighted by Gasteiger charge is -2.14. The fourth-order valence-corrected chi connectivity index (χ4v) is 3.72. The first-order valence-electron chi connectivity index (χ1n) is 10.6. The number of carbonyl (C=O) groups excluding carboxylic acids is 3. The van der Waals surface area contributed by atoms with Crippen LogP contribution in [0.5, 0.6) is 0 Å². The molecular weight excluding hydrogens is 434 g/mol.